The first kappa shape index (κ1) is 30.5. The summed E-state index contributed by atoms with van der Waals surface area (Å²) in [5.41, 5.74) is 0.434. The largest absolute Gasteiger partial charge is 0.444 e. The first-order valence-electron chi connectivity index (χ1n) is 12.7. The van der Waals surface area contributed by atoms with E-state index in [2.05, 4.69) is 10.6 Å². The van der Waals surface area contributed by atoms with Crippen LogP contribution in [0.25, 0.3) is 0 Å². The number of carbonyl (C=O) groups excluding carboxylic acids is 3. The number of amides is 3. The van der Waals surface area contributed by atoms with E-state index < -0.39 is 29.3 Å². The molecular weight excluding hydrogens is 442 g/mol. The fourth-order valence-corrected chi connectivity index (χ4v) is 3.79. The van der Waals surface area contributed by atoms with Crippen LogP contribution in [0, 0.1) is 12.8 Å². The summed E-state index contributed by atoms with van der Waals surface area (Å²) < 4.78 is 5.45. The molecule has 2 unspecified atom stereocenters. The Hall–Kier alpha value is -2.57. The summed E-state index contributed by atoms with van der Waals surface area (Å²) in [5.74, 6) is -0.423. The van der Waals surface area contributed by atoms with Gasteiger partial charge in [0.15, 0.2) is 0 Å². The molecule has 3 amide bonds. The van der Waals surface area contributed by atoms with Crippen LogP contribution in [0.15, 0.2) is 24.3 Å². The molecule has 1 aromatic carbocycles. The molecular formula is C28H47N3O4. The van der Waals surface area contributed by atoms with Crippen LogP contribution >= 0.6 is 0 Å². The van der Waals surface area contributed by atoms with Crippen LogP contribution in [0.3, 0.4) is 0 Å². The lowest BCUT2D eigenvalue weighted by Crippen LogP contribution is -2.59. The van der Waals surface area contributed by atoms with Gasteiger partial charge in [-0.3, -0.25) is 9.59 Å². The number of carbonyl (C=O) groups is 3. The van der Waals surface area contributed by atoms with Crippen LogP contribution < -0.4 is 10.6 Å². The molecule has 2 atom stereocenters. The Bertz CT molecular complexity index is 854. The minimum Gasteiger partial charge on any atom is -0.444 e. The van der Waals surface area contributed by atoms with Crippen molar-refractivity contribution in [2.75, 3.05) is 0 Å². The Morgan fingerprint density at radius 2 is 1.49 bits per heavy atom. The van der Waals surface area contributed by atoms with Crippen molar-refractivity contribution in [3.8, 4) is 0 Å². The standard InChI is InChI=1S/C28H47N3O4/c1-12-28(10,11)31(23(24(32)29-19(4)5)21-15-13-20(6)14-16-21)25(33)22(17-18(2)3)30-26(34)35-27(7,8)9/h13-16,18-19,22-23H,12,17H2,1-11H3,(H,29,32)(H,30,34). The number of nitrogens with zero attached hydrogens (tertiary/aromatic N) is 1. The molecule has 0 aromatic heterocycles. The fourth-order valence-electron chi connectivity index (χ4n) is 3.79. The van der Waals surface area contributed by atoms with Crippen molar-refractivity contribution in [3.63, 3.8) is 0 Å². The normalized spacial score (nSPS) is 13.9. The lowest BCUT2D eigenvalue weighted by atomic mass is 9.90. The van der Waals surface area contributed by atoms with Gasteiger partial charge in [-0.1, -0.05) is 50.6 Å². The van der Waals surface area contributed by atoms with E-state index in [1.807, 2.05) is 79.7 Å². The van der Waals surface area contributed by atoms with E-state index in [4.69, 9.17) is 4.74 Å². The molecule has 0 bridgehead atoms. The second-order valence-electron chi connectivity index (χ2n) is 11.7. The Morgan fingerprint density at radius 3 is 1.91 bits per heavy atom. The molecule has 0 aliphatic heterocycles. The van der Waals surface area contributed by atoms with Gasteiger partial charge in [-0.2, -0.15) is 0 Å². The van der Waals surface area contributed by atoms with E-state index in [9.17, 15) is 14.4 Å². The number of benzene rings is 1. The molecule has 0 fully saturated rings. The van der Waals surface area contributed by atoms with Gasteiger partial charge in [0.05, 0.1) is 0 Å². The first-order chi connectivity index (χ1) is 16.0. The molecule has 0 saturated heterocycles. The Balaban J connectivity index is 3.61. The second kappa shape index (κ2) is 12.4. The molecule has 0 radical (unpaired) electrons. The Labute approximate surface area is 212 Å². The molecule has 35 heavy (non-hydrogen) atoms. The van der Waals surface area contributed by atoms with Crippen LogP contribution in [0.1, 0.15) is 99.2 Å². The van der Waals surface area contributed by atoms with E-state index in [0.717, 1.165) is 11.1 Å². The maximum Gasteiger partial charge on any atom is 0.408 e. The third kappa shape index (κ3) is 9.54. The van der Waals surface area contributed by atoms with Crippen LogP contribution in [0.2, 0.25) is 0 Å². The molecule has 1 rings (SSSR count). The average Bonchev–Trinajstić information content (AvgIpc) is 2.69. The fraction of sp³-hybridized carbons (Fsp3) is 0.679. The van der Waals surface area contributed by atoms with Crippen LogP contribution in [-0.4, -0.2) is 46.0 Å². The molecule has 1 aromatic rings. The predicted molar refractivity (Wildman–Crippen MR) is 141 cm³/mol. The number of hydrogen-bond donors (Lipinski definition) is 2. The molecule has 7 nitrogen and oxygen atoms in total. The highest BCUT2D eigenvalue weighted by Gasteiger charge is 2.43. The first-order valence-corrected chi connectivity index (χ1v) is 12.7. The average molecular weight is 490 g/mol. The lowest BCUT2D eigenvalue weighted by Gasteiger charge is -2.45. The van der Waals surface area contributed by atoms with Gasteiger partial charge in [0, 0.05) is 11.6 Å². The highest BCUT2D eigenvalue weighted by Crippen LogP contribution is 2.33. The monoisotopic (exact) mass is 489 g/mol. The zero-order chi connectivity index (χ0) is 27.1. The van der Waals surface area contributed by atoms with Gasteiger partial charge in [0.2, 0.25) is 11.8 Å². The smallest absolute Gasteiger partial charge is 0.408 e. The van der Waals surface area contributed by atoms with Gasteiger partial charge in [-0.05, 0) is 79.7 Å². The number of rotatable bonds is 10. The van der Waals surface area contributed by atoms with Crippen molar-refractivity contribution in [1.82, 2.24) is 15.5 Å². The number of hydrogen-bond acceptors (Lipinski definition) is 4. The molecule has 7 heteroatoms. The van der Waals surface area contributed by atoms with Crippen molar-refractivity contribution in [3.05, 3.63) is 35.4 Å². The maximum absolute atomic E-state index is 14.2. The molecule has 198 valence electrons. The second-order valence-corrected chi connectivity index (χ2v) is 11.7. The van der Waals surface area contributed by atoms with Gasteiger partial charge in [0.1, 0.15) is 17.7 Å². The van der Waals surface area contributed by atoms with Gasteiger partial charge in [-0.15, -0.1) is 0 Å². The molecule has 2 N–H and O–H groups in total. The topological polar surface area (TPSA) is 87.7 Å². The molecule has 0 spiro atoms. The van der Waals surface area contributed by atoms with Crippen LogP contribution in [0.4, 0.5) is 4.79 Å². The summed E-state index contributed by atoms with van der Waals surface area (Å²) >= 11 is 0. The summed E-state index contributed by atoms with van der Waals surface area (Å²) in [6, 6.07) is 5.89. The van der Waals surface area contributed by atoms with E-state index >= 15 is 0 Å². The summed E-state index contributed by atoms with van der Waals surface area (Å²) in [6.45, 7) is 21.0. The molecule has 0 aliphatic carbocycles. The highest BCUT2D eigenvalue weighted by molar-refractivity contribution is 5.92. The zero-order valence-electron chi connectivity index (χ0n) is 23.6. The van der Waals surface area contributed by atoms with E-state index in [1.165, 1.54) is 0 Å². The predicted octanol–water partition coefficient (Wildman–Crippen LogP) is 5.52. The highest BCUT2D eigenvalue weighted by atomic mass is 16.6. The molecule has 0 saturated carbocycles. The third-order valence-corrected chi connectivity index (χ3v) is 5.78. The van der Waals surface area contributed by atoms with Crippen molar-refractivity contribution < 1.29 is 19.1 Å². The van der Waals surface area contributed by atoms with Crippen LogP contribution in [-0.2, 0) is 14.3 Å². The minimum absolute atomic E-state index is 0.0940. The van der Waals surface area contributed by atoms with Crippen molar-refractivity contribution in [2.45, 2.75) is 118 Å². The maximum atomic E-state index is 14.2. The molecule has 0 aliphatic rings. The van der Waals surface area contributed by atoms with Gasteiger partial charge < -0.3 is 20.3 Å². The number of aryl methyl sites for hydroxylation is 1. The van der Waals surface area contributed by atoms with Gasteiger partial charge in [0.25, 0.3) is 0 Å². The summed E-state index contributed by atoms with van der Waals surface area (Å²) in [5, 5.41) is 5.79. The van der Waals surface area contributed by atoms with Crippen molar-refractivity contribution >= 4 is 17.9 Å². The SMILES string of the molecule is CCC(C)(C)N(C(=O)C(CC(C)C)NC(=O)OC(C)(C)C)C(C(=O)NC(C)C)c1ccc(C)cc1. The van der Waals surface area contributed by atoms with E-state index in [1.54, 1.807) is 25.7 Å². The van der Waals surface area contributed by atoms with Crippen molar-refractivity contribution in [2.24, 2.45) is 5.92 Å². The Morgan fingerprint density at radius 1 is 0.943 bits per heavy atom. The quantitative estimate of drug-likeness (QED) is 0.453. The summed E-state index contributed by atoms with van der Waals surface area (Å²) in [6.07, 6.45) is 0.391. The Kier molecular flexibility index (Phi) is 10.8. The van der Waals surface area contributed by atoms with Crippen LogP contribution in [0.5, 0.6) is 0 Å². The van der Waals surface area contributed by atoms with Gasteiger partial charge >= 0.3 is 6.09 Å². The number of alkyl carbamates (subject to hydrolysis) is 1. The minimum atomic E-state index is -0.851. The zero-order valence-corrected chi connectivity index (χ0v) is 23.6. The number of nitrogens with one attached hydrogen (secondary N) is 2. The van der Waals surface area contributed by atoms with Gasteiger partial charge in [-0.25, -0.2) is 4.79 Å². The van der Waals surface area contributed by atoms with E-state index in [-0.39, 0.29) is 23.8 Å². The van der Waals surface area contributed by atoms with Crippen molar-refractivity contribution in [1.29, 1.82) is 0 Å². The third-order valence-electron chi connectivity index (χ3n) is 5.78. The summed E-state index contributed by atoms with van der Waals surface area (Å²) in [4.78, 5) is 42.1. The lowest BCUT2D eigenvalue weighted by molar-refractivity contribution is -0.149. The van der Waals surface area contributed by atoms with E-state index in [0.29, 0.717) is 12.8 Å². The number of ether oxygens (including phenoxy) is 1. The molecule has 0 heterocycles. The summed E-state index contributed by atoms with van der Waals surface area (Å²) in [7, 11) is 0.